The van der Waals surface area contributed by atoms with Gasteiger partial charge < -0.3 is 20.3 Å². The molecule has 4 nitrogen and oxygen atoms in total. The minimum atomic E-state index is -0.909. The van der Waals surface area contributed by atoms with Crippen LogP contribution in [-0.2, 0) is 6.61 Å². The first-order valence-electron chi connectivity index (χ1n) is 7.48. The first-order valence-corrected chi connectivity index (χ1v) is 7.48. The molecule has 2 aromatic rings. The minimum absolute atomic E-state index is 0.475. The van der Waals surface area contributed by atoms with Gasteiger partial charge in [-0.05, 0) is 43.3 Å². The molecule has 0 aliphatic heterocycles. The van der Waals surface area contributed by atoms with Crippen LogP contribution >= 0.6 is 0 Å². The molecule has 0 saturated carbocycles. The number of aliphatic hydroxyl groups excluding tert-OH is 2. The normalized spacial score (nSPS) is 13.6. The molecule has 0 aliphatic rings. The van der Waals surface area contributed by atoms with Crippen molar-refractivity contribution in [3.8, 4) is 5.75 Å². The van der Waals surface area contributed by atoms with E-state index in [1.165, 1.54) is 0 Å². The topological polar surface area (TPSA) is 61.7 Å². The molecule has 2 atom stereocenters. The maximum atomic E-state index is 10.2. The number of benzene rings is 2. The number of aliphatic hydroxyl groups is 2. The molecule has 0 spiro atoms. The largest absolute Gasteiger partial charge is 0.489 e. The highest BCUT2D eigenvalue weighted by Crippen LogP contribution is 2.23. The highest BCUT2D eigenvalue weighted by Gasteiger charge is 2.18. The number of hydrogen-bond donors (Lipinski definition) is 3. The standard InChI is InChI=1S/C18H23NO3/c1-19-11-10-17(20)18(21)15-8-5-9-16(12-15)22-13-14-6-3-2-4-7-14/h2-9,12,17-21H,10-11,13H2,1H3. The van der Waals surface area contributed by atoms with Crippen LogP contribution in [0.4, 0.5) is 0 Å². The van der Waals surface area contributed by atoms with Crippen LogP contribution in [0.1, 0.15) is 23.7 Å². The minimum Gasteiger partial charge on any atom is -0.489 e. The molecule has 4 heteroatoms. The van der Waals surface area contributed by atoms with Gasteiger partial charge >= 0.3 is 0 Å². The monoisotopic (exact) mass is 301 g/mol. The molecular formula is C18H23NO3. The predicted octanol–water partition coefficient (Wildman–Crippen LogP) is 2.27. The van der Waals surface area contributed by atoms with Crippen molar-refractivity contribution >= 4 is 0 Å². The second kappa shape index (κ2) is 8.54. The smallest absolute Gasteiger partial charge is 0.120 e. The van der Waals surface area contributed by atoms with Gasteiger partial charge in [0.2, 0.25) is 0 Å². The summed E-state index contributed by atoms with van der Waals surface area (Å²) in [4.78, 5) is 0. The summed E-state index contributed by atoms with van der Waals surface area (Å²) in [5.74, 6) is 0.682. The van der Waals surface area contributed by atoms with Crippen LogP contribution < -0.4 is 10.1 Å². The van der Waals surface area contributed by atoms with Gasteiger partial charge in [-0.1, -0.05) is 42.5 Å². The maximum Gasteiger partial charge on any atom is 0.120 e. The molecule has 22 heavy (non-hydrogen) atoms. The van der Waals surface area contributed by atoms with E-state index in [4.69, 9.17) is 4.74 Å². The average molecular weight is 301 g/mol. The summed E-state index contributed by atoms with van der Waals surface area (Å²) in [6, 6.07) is 17.1. The lowest BCUT2D eigenvalue weighted by Crippen LogP contribution is -2.23. The van der Waals surface area contributed by atoms with Gasteiger partial charge in [0.05, 0.1) is 6.10 Å². The Morgan fingerprint density at radius 2 is 1.82 bits per heavy atom. The second-order valence-electron chi connectivity index (χ2n) is 5.25. The van der Waals surface area contributed by atoms with Gasteiger partial charge in [0.25, 0.3) is 0 Å². The van der Waals surface area contributed by atoms with Crippen molar-refractivity contribution in [2.75, 3.05) is 13.6 Å². The number of hydrogen-bond acceptors (Lipinski definition) is 4. The summed E-state index contributed by atoms with van der Waals surface area (Å²) in [5.41, 5.74) is 1.75. The van der Waals surface area contributed by atoms with E-state index in [1.54, 1.807) is 12.1 Å². The van der Waals surface area contributed by atoms with Crippen LogP contribution in [0.25, 0.3) is 0 Å². The Bertz CT molecular complexity index is 559. The van der Waals surface area contributed by atoms with Gasteiger partial charge in [0.1, 0.15) is 18.5 Å². The highest BCUT2D eigenvalue weighted by atomic mass is 16.5. The fourth-order valence-electron chi connectivity index (χ4n) is 2.20. The lowest BCUT2D eigenvalue weighted by atomic mass is 10.0. The summed E-state index contributed by atoms with van der Waals surface area (Å²) < 4.78 is 5.74. The predicted molar refractivity (Wildman–Crippen MR) is 86.7 cm³/mol. The van der Waals surface area contributed by atoms with Crippen molar-refractivity contribution in [2.45, 2.75) is 25.2 Å². The lowest BCUT2D eigenvalue weighted by molar-refractivity contribution is 0.0139. The van der Waals surface area contributed by atoms with Gasteiger partial charge in [-0.3, -0.25) is 0 Å². The van der Waals surface area contributed by atoms with Crippen molar-refractivity contribution in [3.63, 3.8) is 0 Å². The SMILES string of the molecule is CNCCC(O)C(O)c1cccc(OCc2ccccc2)c1. The summed E-state index contributed by atoms with van der Waals surface area (Å²) in [5, 5.41) is 23.1. The molecule has 2 rings (SSSR count). The van der Waals surface area contributed by atoms with E-state index >= 15 is 0 Å². The molecule has 0 aromatic heterocycles. The van der Waals surface area contributed by atoms with Crippen LogP contribution in [-0.4, -0.2) is 29.9 Å². The van der Waals surface area contributed by atoms with Crippen LogP contribution in [0, 0.1) is 0 Å². The zero-order chi connectivity index (χ0) is 15.8. The first kappa shape index (κ1) is 16.5. The summed E-state index contributed by atoms with van der Waals surface area (Å²) in [7, 11) is 1.82. The molecule has 0 aliphatic carbocycles. The number of rotatable bonds is 8. The Labute approximate surface area is 131 Å². The van der Waals surface area contributed by atoms with E-state index in [9.17, 15) is 10.2 Å². The highest BCUT2D eigenvalue weighted by molar-refractivity contribution is 5.30. The van der Waals surface area contributed by atoms with Crippen LogP contribution in [0.5, 0.6) is 5.75 Å². The van der Waals surface area contributed by atoms with Crippen molar-refractivity contribution in [3.05, 3.63) is 65.7 Å². The van der Waals surface area contributed by atoms with Gasteiger partial charge in [-0.15, -0.1) is 0 Å². The third kappa shape index (κ3) is 4.84. The summed E-state index contributed by atoms with van der Waals surface area (Å²) >= 11 is 0. The average Bonchev–Trinajstić information content (AvgIpc) is 2.58. The first-order chi connectivity index (χ1) is 10.7. The molecule has 3 N–H and O–H groups in total. The van der Waals surface area contributed by atoms with E-state index in [0.29, 0.717) is 30.9 Å². The Kier molecular flexibility index (Phi) is 6.40. The summed E-state index contributed by atoms with van der Waals surface area (Å²) in [6.45, 7) is 1.13. The lowest BCUT2D eigenvalue weighted by Gasteiger charge is -2.18. The molecular weight excluding hydrogens is 278 g/mol. The van der Waals surface area contributed by atoms with Crippen LogP contribution in [0.3, 0.4) is 0 Å². The third-order valence-corrected chi connectivity index (χ3v) is 3.50. The third-order valence-electron chi connectivity index (χ3n) is 3.50. The molecule has 0 fully saturated rings. The Morgan fingerprint density at radius 1 is 1.05 bits per heavy atom. The van der Waals surface area contributed by atoms with Gasteiger partial charge in [-0.2, -0.15) is 0 Å². The quantitative estimate of drug-likeness (QED) is 0.700. The van der Waals surface area contributed by atoms with Gasteiger partial charge in [-0.25, -0.2) is 0 Å². The molecule has 118 valence electrons. The summed E-state index contributed by atoms with van der Waals surface area (Å²) in [6.07, 6.45) is -1.21. The van der Waals surface area contributed by atoms with E-state index in [-0.39, 0.29) is 0 Å². The maximum absolute atomic E-state index is 10.2. The van der Waals surface area contributed by atoms with E-state index in [0.717, 1.165) is 5.56 Å². The fraction of sp³-hybridized carbons (Fsp3) is 0.333. The zero-order valence-corrected chi connectivity index (χ0v) is 12.8. The number of nitrogens with one attached hydrogen (secondary N) is 1. The second-order valence-corrected chi connectivity index (χ2v) is 5.25. The van der Waals surface area contributed by atoms with E-state index < -0.39 is 12.2 Å². The molecule has 0 bridgehead atoms. The Hall–Kier alpha value is -1.88. The van der Waals surface area contributed by atoms with Crippen molar-refractivity contribution < 1.29 is 14.9 Å². The van der Waals surface area contributed by atoms with Crippen molar-refractivity contribution in [1.82, 2.24) is 5.32 Å². The Balaban J connectivity index is 1.97. The van der Waals surface area contributed by atoms with E-state index in [1.807, 2.05) is 49.5 Å². The molecule has 2 unspecified atom stereocenters. The molecule has 0 amide bonds. The molecule has 0 heterocycles. The molecule has 0 radical (unpaired) electrons. The number of ether oxygens (including phenoxy) is 1. The fourth-order valence-corrected chi connectivity index (χ4v) is 2.20. The van der Waals surface area contributed by atoms with Gasteiger partial charge in [0.15, 0.2) is 0 Å². The zero-order valence-electron chi connectivity index (χ0n) is 12.8. The van der Waals surface area contributed by atoms with Crippen LogP contribution in [0.15, 0.2) is 54.6 Å². The van der Waals surface area contributed by atoms with Gasteiger partial charge in [0, 0.05) is 0 Å². The van der Waals surface area contributed by atoms with E-state index in [2.05, 4.69) is 5.32 Å². The molecule has 0 saturated heterocycles. The van der Waals surface area contributed by atoms with Crippen molar-refractivity contribution in [1.29, 1.82) is 0 Å². The van der Waals surface area contributed by atoms with Crippen LogP contribution in [0.2, 0.25) is 0 Å². The Morgan fingerprint density at radius 3 is 2.55 bits per heavy atom. The van der Waals surface area contributed by atoms with Crippen molar-refractivity contribution in [2.24, 2.45) is 0 Å². The molecule has 2 aromatic carbocycles.